The van der Waals surface area contributed by atoms with Crippen molar-refractivity contribution in [2.45, 2.75) is 43.7 Å². The van der Waals surface area contributed by atoms with Crippen LogP contribution in [0.3, 0.4) is 0 Å². The summed E-state index contributed by atoms with van der Waals surface area (Å²) in [5.74, 6) is 0.447. The van der Waals surface area contributed by atoms with Crippen molar-refractivity contribution >= 4 is 11.8 Å². The first-order valence-corrected chi connectivity index (χ1v) is 7.37. The molecule has 0 aromatic rings. The van der Waals surface area contributed by atoms with Gasteiger partial charge < -0.3 is 14.9 Å². The van der Waals surface area contributed by atoms with Gasteiger partial charge in [0.15, 0.2) is 0 Å². The Hall–Kier alpha value is -1.10. The molecule has 2 aliphatic carbocycles. The second-order valence-corrected chi connectivity index (χ2v) is 6.75. The van der Waals surface area contributed by atoms with Crippen molar-refractivity contribution in [1.82, 2.24) is 9.80 Å². The molecule has 2 heterocycles. The average molecular weight is 264 g/mol. The van der Waals surface area contributed by atoms with Crippen LogP contribution in [0.5, 0.6) is 0 Å². The van der Waals surface area contributed by atoms with Gasteiger partial charge in [-0.1, -0.05) is 0 Å². The van der Waals surface area contributed by atoms with Crippen molar-refractivity contribution in [1.29, 1.82) is 0 Å². The molecule has 2 amide bonds. The maximum absolute atomic E-state index is 12.3. The van der Waals surface area contributed by atoms with Crippen molar-refractivity contribution in [3.63, 3.8) is 0 Å². The van der Waals surface area contributed by atoms with Crippen LogP contribution in [0.4, 0.5) is 0 Å². The summed E-state index contributed by atoms with van der Waals surface area (Å²) >= 11 is 0. The fraction of sp³-hybridized carbons (Fsp3) is 0.857. The molecule has 0 radical (unpaired) electrons. The molecule has 1 atom stereocenters. The van der Waals surface area contributed by atoms with Crippen LogP contribution in [0.2, 0.25) is 0 Å². The topological polar surface area (TPSA) is 60.9 Å². The zero-order valence-electron chi connectivity index (χ0n) is 11.0. The summed E-state index contributed by atoms with van der Waals surface area (Å²) in [4.78, 5) is 27.8. The number of rotatable bonds is 3. The lowest BCUT2D eigenvalue weighted by molar-refractivity contribution is -0.163. The third-order valence-corrected chi connectivity index (χ3v) is 5.07. The third kappa shape index (κ3) is 1.86. The minimum Gasteiger partial charge on any atom is -0.386 e. The van der Waals surface area contributed by atoms with E-state index < -0.39 is 5.60 Å². The highest BCUT2D eigenvalue weighted by atomic mass is 16.3. The predicted molar refractivity (Wildman–Crippen MR) is 67.1 cm³/mol. The van der Waals surface area contributed by atoms with Crippen LogP contribution in [-0.4, -0.2) is 58.0 Å². The zero-order chi connectivity index (χ0) is 13.2. The molecule has 4 fully saturated rings. The Balaban J connectivity index is 1.35. The summed E-state index contributed by atoms with van der Waals surface area (Å²) in [5, 5.41) is 10.2. The second-order valence-electron chi connectivity index (χ2n) is 6.75. The van der Waals surface area contributed by atoms with E-state index in [1.54, 1.807) is 4.90 Å². The smallest absolute Gasteiger partial charge is 0.228 e. The summed E-state index contributed by atoms with van der Waals surface area (Å²) in [7, 11) is 0. The van der Waals surface area contributed by atoms with E-state index in [1.165, 1.54) is 0 Å². The number of aliphatic hydroxyl groups is 1. The molecule has 0 bridgehead atoms. The van der Waals surface area contributed by atoms with Gasteiger partial charge in [0.05, 0.1) is 19.0 Å². The van der Waals surface area contributed by atoms with E-state index in [1.807, 2.05) is 4.90 Å². The molecule has 4 rings (SSSR count). The molecule has 19 heavy (non-hydrogen) atoms. The van der Waals surface area contributed by atoms with Crippen molar-refractivity contribution in [3.8, 4) is 0 Å². The lowest BCUT2D eigenvalue weighted by Gasteiger charge is -2.47. The summed E-state index contributed by atoms with van der Waals surface area (Å²) < 4.78 is 0. The van der Waals surface area contributed by atoms with E-state index in [0.29, 0.717) is 38.0 Å². The van der Waals surface area contributed by atoms with E-state index in [0.717, 1.165) is 25.7 Å². The largest absolute Gasteiger partial charge is 0.386 e. The Morgan fingerprint density at radius 1 is 1.21 bits per heavy atom. The van der Waals surface area contributed by atoms with Crippen LogP contribution >= 0.6 is 0 Å². The first-order chi connectivity index (χ1) is 9.07. The Kier molecular flexibility index (Phi) is 2.29. The van der Waals surface area contributed by atoms with Gasteiger partial charge >= 0.3 is 0 Å². The highest BCUT2D eigenvalue weighted by Gasteiger charge is 2.54. The molecule has 4 aliphatic rings. The van der Waals surface area contributed by atoms with E-state index in [9.17, 15) is 14.7 Å². The van der Waals surface area contributed by atoms with Crippen LogP contribution in [0.15, 0.2) is 0 Å². The van der Waals surface area contributed by atoms with Gasteiger partial charge in [-0.05, 0) is 31.6 Å². The maximum Gasteiger partial charge on any atom is 0.228 e. The molecule has 0 aromatic heterocycles. The molecular formula is C14H20N2O3. The van der Waals surface area contributed by atoms with E-state index >= 15 is 0 Å². The van der Waals surface area contributed by atoms with Gasteiger partial charge in [0.25, 0.3) is 0 Å². The molecule has 2 aliphatic heterocycles. The first kappa shape index (κ1) is 11.7. The molecule has 1 unspecified atom stereocenters. The van der Waals surface area contributed by atoms with Crippen LogP contribution in [-0.2, 0) is 9.59 Å². The minimum atomic E-state index is -0.617. The molecule has 104 valence electrons. The predicted octanol–water partition coefficient (Wildman–Crippen LogP) is -0.0194. The Labute approximate surface area is 112 Å². The number of amides is 2. The van der Waals surface area contributed by atoms with Crippen LogP contribution in [0.1, 0.15) is 32.1 Å². The molecule has 5 heteroatoms. The summed E-state index contributed by atoms with van der Waals surface area (Å²) in [6.07, 6.45) is 4.75. The average Bonchev–Trinajstić information content (AvgIpc) is 3.22. The molecule has 1 N–H and O–H groups in total. The summed E-state index contributed by atoms with van der Waals surface area (Å²) in [6, 6.07) is 0.407. The SMILES string of the molecule is O=C(C1CC(=O)N(C2CC2)C1)N1CC(O)(C2CC2)C1. The number of likely N-dealkylation sites (tertiary alicyclic amines) is 2. The highest BCUT2D eigenvalue weighted by Crippen LogP contribution is 2.45. The molecule has 0 aromatic carbocycles. The number of carbonyl (C=O) groups excluding carboxylic acids is 2. The van der Waals surface area contributed by atoms with Gasteiger partial charge in [-0.25, -0.2) is 0 Å². The van der Waals surface area contributed by atoms with Crippen molar-refractivity contribution in [2.24, 2.45) is 11.8 Å². The van der Waals surface area contributed by atoms with E-state index in [4.69, 9.17) is 0 Å². The number of carbonyl (C=O) groups is 2. The minimum absolute atomic E-state index is 0.0711. The van der Waals surface area contributed by atoms with Gasteiger partial charge in [0.2, 0.25) is 11.8 Å². The second kappa shape index (κ2) is 3.72. The highest BCUT2D eigenvalue weighted by molar-refractivity contribution is 5.90. The normalized spacial score (nSPS) is 33.5. The van der Waals surface area contributed by atoms with Gasteiger partial charge in [-0.3, -0.25) is 9.59 Å². The summed E-state index contributed by atoms with van der Waals surface area (Å²) in [5.41, 5.74) is -0.617. The molecule has 0 spiro atoms. The fourth-order valence-electron chi connectivity index (χ4n) is 3.54. The van der Waals surface area contributed by atoms with Crippen molar-refractivity contribution in [3.05, 3.63) is 0 Å². The number of nitrogens with zero attached hydrogens (tertiary/aromatic N) is 2. The Morgan fingerprint density at radius 3 is 2.47 bits per heavy atom. The third-order valence-electron chi connectivity index (χ3n) is 5.07. The van der Waals surface area contributed by atoms with Crippen LogP contribution < -0.4 is 0 Å². The zero-order valence-corrected chi connectivity index (χ0v) is 11.0. The molecule has 5 nitrogen and oxygen atoms in total. The van der Waals surface area contributed by atoms with Gasteiger partial charge in [0.1, 0.15) is 5.60 Å². The number of β-amino-alcohol motifs (C(OH)–C–C–N with tert-alkyl or cyclic N) is 1. The van der Waals surface area contributed by atoms with Gasteiger partial charge in [-0.2, -0.15) is 0 Å². The Morgan fingerprint density at radius 2 is 1.89 bits per heavy atom. The maximum atomic E-state index is 12.3. The standard InChI is InChI=1S/C14H20N2O3/c17-12-5-9(6-16(12)11-3-4-11)13(18)15-7-14(19,8-15)10-1-2-10/h9-11,19H,1-8H2. The fourth-order valence-corrected chi connectivity index (χ4v) is 3.54. The van der Waals surface area contributed by atoms with E-state index in [2.05, 4.69) is 0 Å². The van der Waals surface area contributed by atoms with Gasteiger partial charge in [-0.15, -0.1) is 0 Å². The van der Waals surface area contributed by atoms with Crippen LogP contribution in [0.25, 0.3) is 0 Å². The number of hydrogen-bond acceptors (Lipinski definition) is 3. The quantitative estimate of drug-likeness (QED) is 0.779. The van der Waals surface area contributed by atoms with Crippen molar-refractivity contribution in [2.75, 3.05) is 19.6 Å². The number of hydrogen-bond donors (Lipinski definition) is 1. The lowest BCUT2D eigenvalue weighted by atomic mass is 9.87. The van der Waals surface area contributed by atoms with Crippen LogP contribution in [0, 0.1) is 11.8 Å². The molecule has 2 saturated heterocycles. The lowest BCUT2D eigenvalue weighted by Crippen LogP contribution is -2.65. The van der Waals surface area contributed by atoms with Crippen molar-refractivity contribution < 1.29 is 14.7 Å². The van der Waals surface area contributed by atoms with E-state index in [-0.39, 0.29) is 17.7 Å². The Bertz CT molecular complexity index is 436. The molecular weight excluding hydrogens is 244 g/mol. The summed E-state index contributed by atoms with van der Waals surface area (Å²) in [6.45, 7) is 1.55. The monoisotopic (exact) mass is 264 g/mol. The molecule has 2 saturated carbocycles. The van der Waals surface area contributed by atoms with Gasteiger partial charge in [0, 0.05) is 19.0 Å². The first-order valence-electron chi connectivity index (χ1n) is 7.37.